The number of anilines is 2. The highest BCUT2D eigenvalue weighted by molar-refractivity contribution is 7.92. The van der Waals surface area contributed by atoms with Crippen LogP contribution in [-0.2, 0) is 10.0 Å². The molecule has 202 valence electrons. The van der Waals surface area contributed by atoms with Crippen LogP contribution < -0.4 is 18.7 Å². The molecule has 1 heterocycles. The molecule has 3 aromatic carbocycles. The van der Waals surface area contributed by atoms with Gasteiger partial charge in [-0.05, 0) is 48.5 Å². The van der Waals surface area contributed by atoms with Crippen molar-refractivity contribution in [2.75, 3.05) is 62.2 Å². The van der Waals surface area contributed by atoms with Crippen molar-refractivity contribution in [2.45, 2.75) is 11.0 Å². The van der Waals surface area contributed by atoms with E-state index in [1.165, 1.54) is 29.2 Å². The fourth-order valence-electron chi connectivity index (χ4n) is 4.51. The Labute approximate surface area is 225 Å². The Morgan fingerprint density at radius 3 is 2.29 bits per heavy atom. The lowest BCUT2D eigenvalue weighted by molar-refractivity contribution is 0.115. The Morgan fingerprint density at radius 1 is 0.974 bits per heavy atom. The zero-order valence-corrected chi connectivity index (χ0v) is 22.5. The molecule has 1 aliphatic rings. The van der Waals surface area contributed by atoms with Crippen molar-refractivity contribution in [1.29, 1.82) is 0 Å². The number of piperazine rings is 1. The van der Waals surface area contributed by atoms with E-state index in [1.54, 1.807) is 42.5 Å². The first-order valence-corrected chi connectivity index (χ1v) is 14.1. The lowest BCUT2D eigenvalue weighted by Gasteiger charge is -2.37. The standard InChI is InChI=1S/C29H35N3O5S/c1-3-21-37-29-12-8-7-11-28(29)32(38(34,35)27-15-13-26(36-2)14-16-27)23-25(33)22-30-17-19-31(20-18-30)24-9-5-4-6-10-24/h3-16,25,33H,1,17-23H2,2H3. The second-order valence-corrected chi connectivity index (χ2v) is 10.9. The van der Waals surface area contributed by atoms with Gasteiger partial charge < -0.3 is 19.5 Å². The lowest BCUT2D eigenvalue weighted by atomic mass is 10.2. The lowest BCUT2D eigenvalue weighted by Crippen LogP contribution is -2.50. The van der Waals surface area contributed by atoms with E-state index in [4.69, 9.17) is 9.47 Å². The average molecular weight is 538 g/mol. The molecule has 0 spiro atoms. The molecule has 0 amide bonds. The van der Waals surface area contributed by atoms with Crippen LogP contribution in [0.4, 0.5) is 11.4 Å². The SMILES string of the molecule is C=CCOc1ccccc1N(CC(O)CN1CCN(c2ccccc2)CC1)S(=O)(=O)c1ccc(OC)cc1. The number of methoxy groups -OCH3 is 1. The second-order valence-electron chi connectivity index (χ2n) is 9.06. The molecule has 1 N–H and O–H groups in total. The van der Waals surface area contributed by atoms with Crippen LogP contribution in [0.5, 0.6) is 11.5 Å². The van der Waals surface area contributed by atoms with Crippen LogP contribution in [0.1, 0.15) is 0 Å². The Hall–Kier alpha value is -3.53. The van der Waals surface area contributed by atoms with Gasteiger partial charge in [-0.3, -0.25) is 9.21 Å². The first kappa shape index (κ1) is 27.5. The molecule has 4 rings (SSSR count). The summed E-state index contributed by atoms with van der Waals surface area (Å²) in [5.74, 6) is 0.952. The molecule has 0 aromatic heterocycles. The van der Waals surface area contributed by atoms with Gasteiger partial charge in [0.1, 0.15) is 18.1 Å². The predicted octanol–water partition coefficient (Wildman–Crippen LogP) is 3.64. The Balaban J connectivity index is 1.53. The van der Waals surface area contributed by atoms with Crippen molar-refractivity contribution >= 4 is 21.4 Å². The predicted molar refractivity (Wildman–Crippen MR) is 151 cm³/mol. The zero-order valence-electron chi connectivity index (χ0n) is 21.6. The minimum atomic E-state index is -4.02. The first-order chi connectivity index (χ1) is 18.4. The molecule has 1 fully saturated rings. The van der Waals surface area contributed by atoms with Crippen LogP contribution in [0.15, 0.2) is 96.4 Å². The van der Waals surface area contributed by atoms with Crippen LogP contribution in [0, 0.1) is 0 Å². The van der Waals surface area contributed by atoms with Gasteiger partial charge in [-0.1, -0.05) is 43.0 Å². The number of ether oxygens (including phenoxy) is 2. The molecule has 0 aliphatic carbocycles. The minimum Gasteiger partial charge on any atom is -0.497 e. The summed E-state index contributed by atoms with van der Waals surface area (Å²) < 4.78 is 39.9. The van der Waals surface area contributed by atoms with Crippen molar-refractivity contribution in [2.24, 2.45) is 0 Å². The van der Waals surface area contributed by atoms with Gasteiger partial charge in [0.25, 0.3) is 10.0 Å². The molecule has 0 bridgehead atoms. The fraction of sp³-hybridized carbons (Fsp3) is 0.310. The van der Waals surface area contributed by atoms with Crippen molar-refractivity contribution in [3.63, 3.8) is 0 Å². The third kappa shape index (κ3) is 6.66. The number of rotatable bonds is 12. The van der Waals surface area contributed by atoms with E-state index in [-0.39, 0.29) is 18.0 Å². The fourth-order valence-corrected chi connectivity index (χ4v) is 6.02. The first-order valence-electron chi connectivity index (χ1n) is 12.6. The summed E-state index contributed by atoms with van der Waals surface area (Å²) in [7, 11) is -2.50. The Kier molecular flexibility index (Phi) is 9.28. The maximum atomic E-state index is 13.9. The number of hydrogen-bond acceptors (Lipinski definition) is 7. The van der Waals surface area contributed by atoms with E-state index in [0.717, 1.165) is 26.2 Å². The van der Waals surface area contributed by atoms with Gasteiger partial charge in [-0.2, -0.15) is 0 Å². The van der Waals surface area contributed by atoms with Crippen molar-refractivity contribution < 1.29 is 23.0 Å². The monoisotopic (exact) mass is 537 g/mol. The van der Waals surface area contributed by atoms with Crippen molar-refractivity contribution in [3.05, 3.63) is 91.5 Å². The highest BCUT2D eigenvalue weighted by Gasteiger charge is 2.30. The molecule has 0 radical (unpaired) electrons. The van der Waals surface area contributed by atoms with Gasteiger partial charge in [0.2, 0.25) is 0 Å². The smallest absolute Gasteiger partial charge is 0.264 e. The van der Waals surface area contributed by atoms with Crippen LogP contribution in [0.3, 0.4) is 0 Å². The molecular formula is C29H35N3O5S. The number of β-amino-alcohol motifs (C(OH)–C–C–N with tert-alkyl or cyclic N) is 1. The third-order valence-corrected chi connectivity index (χ3v) is 8.27. The quantitative estimate of drug-likeness (QED) is 0.353. The number of benzene rings is 3. The molecule has 1 saturated heterocycles. The second kappa shape index (κ2) is 12.8. The summed E-state index contributed by atoms with van der Waals surface area (Å²) in [5, 5.41) is 11.1. The highest BCUT2D eigenvalue weighted by Crippen LogP contribution is 2.33. The largest absolute Gasteiger partial charge is 0.497 e. The summed E-state index contributed by atoms with van der Waals surface area (Å²) in [6, 6.07) is 23.4. The molecule has 3 aromatic rings. The minimum absolute atomic E-state index is 0.0977. The van der Waals surface area contributed by atoms with E-state index in [9.17, 15) is 13.5 Å². The number of sulfonamides is 1. The molecular weight excluding hydrogens is 502 g/mol. The Bertz CT molecular complexity index is 1280. The van der Waals surface area contributed by atoms with Crippen LogP contribution in [0.2, 0.25) is 0 Å². The third-order valence-electron chi connectivity index (χ3n) is 6.48. The van der Waals surface area contributed by atoms with E-state index < -0.39 is 16.1 Å². The van der Waals surface area contributed by atoms with Gasteiger partial charge >= 0.3 is 0 Å². The van der Waals surface area contributed by atoms with Gasteiger partial charge in [0.05, 0.1) is 30.3 Å². The number of para-hydroxylation sites is 3. The number of aliphatic hydroxyl groups is 1. The van der Waals surface area contributed by atoms with Gasteiger partial charge in [0, 0.05) is 38.4 Å². The summed E-state index contributed by atoms with van der Waals surface area (Å²) in [4.78, 5) is 4.58. The molecule has 38 heavy (non-hydrogen) atoms. The topological polar surface area (TPSA) is 82.6 Å². The maximum Gasteiger partial charge on any atom is 0.264 e. The molecule has 9 heteroatoms. The molecule has 0 saturated carbocycles. The average Bonchev–Trinajstić information content (AvgIpc) is 2.96. The van der Waals surface area contributed by atoms with Crippen molar-refractivity contribution in [1.82, 2.24) is 4.90 Å². The van der Waals surface area contributed by atoms with Gasteiger partial charge in [-0.25, -0.2) is 8.42 Å². The summed E-state index contributed by atoms with van der Waals surface area (Å²) >= 11 is 0. The van der Waals surface area contributed by atoms with Crippen molar-refractivity contribution in [3.8, 4) is 11.5 Å². The van der Waals surface area contributed by atoms with Crippen LogP contribution in [0.25, 0.3) is 0 Å². The van der Waals surface area contributed by atoms with Gasteiger partial charge in [-0.15, -0.1) is 0 Å². The number of hydrogen-bond donors (Lipinski definition) is 1. The van der Waals surface area contributed by atoms with E-state index in [2.05, 4.69) is 28.5 Å². The van der Waals surface area contributed by atoms with Crippen LogP contribution >= 0.6 is 0 Å². The molecule has 8 nitrogen and oxygen atoms in total. The summed E-state index contributed by atoms with van der Waals surface area (Å²) in [6.07, 6.45) is 0.682. The molecule has 1 aliphatic heterocycles. The molecule has 1 atom stereocenters. The van der Waals surface area contributed by atoms with E-state index in [1.807, 2.05) is 18.2 Å². The zero-order chi connectivity index (χ0) is 27.0. The van der Waals surface area contributed by atoms with E-state index >= 15 is 0 Å². The maximum absolute atomic E-state index is 13.9. The van der Waals surface area contributed by atoms with E-state index in [0.29, 0.717) is 23.7 Å². The Morgan fingerprint density at radius 2 is 1.63 bits per heavy atom. The summed E-state index contributed by atoms with van der Waals surface area (Å²) in [6.45, 7) is 7.36. The van der Waals surface area contributed by atoms with Gasteiger partial charge in [0.15, 0.2) is 0 Å². The normalized spacial score (nSPS) is 15.1. The summed E-state index contributed by atoms with van der Waals surface area (Å²) in [5.41, 5.74) is 1.54. The van der Waals surface area contributed by atoms with Crippen LogP contribution in [-0.4, -0.2) is 77.5 Å². The highest BCUT2D eigenvalue weighted by atomic mass is 32.2. The number of nitrogens with zero attached hydrogens (tertiary/aromatic N) is 3. The number of aliphatic hydroxyl groups excluding tert-OH is 1. The molecule has 1 unspecified atom stereocenters.